The molecule has 1 fully saturated rings. The van der Waals surface area contributed by atoms with E-state index in [1.54, 1.807) is 0 Å². The largest absolute Gasteiger partial charge is 0.499 e. The van der Waals surface area contributed by atoms with Gasteiger partial charge in [-0.25, -0.2) is 17.6 Å². The number of hydrogen-bond donors (Lipinski definition) is 1. The van der Waals surface area contributed by atoms with Gasteiger partial charge in [-0.2, -0.15) is 0 Å². The molecule has 0 spiro atoms. The fourth-order valence-electron chi connectivity index (χ4n) is 3.47. The molecular formula is C22H21F4NO3. The lowest BCUT2D eigenvalue weighted by Crippen LogP contribution is -2.40. The number of carboxylic acids is 1. The highest BCUT2D eigenvalue weighted by Crippen LogP contribution is 2.29. The number of piperidine rings is 1. The zero-order valence-corrected chi connectivity index (χ0v) is 16.1. The lowest BCUT2D eigenvalue weighted by molar-refractivity contribution is -0.143. The molecule has 0 bridgehead atoms. The Hall–Kier alpha value is -2.87. The molecule has 8 heteroatoms. The molecule has 3 rings (SSSR count). The van der Waals surface area contributed by atoms with Crippen molar-refractivity contribution >= 4 is 11.5 Å². The lowest BCUT2D eigenvalue weighted by Gasteiger charge is -2.30. The van der Waals surface area contributed by atoms with Gasteiger partial charge in [0, 0.05) is 35.9 Å². The molecule has 1 N–H and O–H groups in total. The molecule has 0 aliphatic carbocycles. The molecule has 160 valence electrons. The maximum absolute atomic E-state index is 14.3. The molecule has 0 saturated carbocycles. The predicted octanol–water partition coefficient (Wildman–Crippen LogP) is 4.45. The topological polar surface area (TPSA) is 49.8 Å². The van der Waals surface area contributed by atoms with Crippen LogP contribution in [0.2, 0.25) is 0 Å². The molecule has 1 aliphatic rings. The quantitative estimate of drug-likeness (QED) is 0.406. The van der Waals surface area contributed by atoms with Crippen molar-refractivity contribution in [3.8, 4) is 0 Å². The third-order valence-electron chi connectivity index (χ3n) is 5.02. The molecule has 2 aromatic carbocycles. The molecule has 0 amide bonds. The predicted molar refractivity (Wildman–Crippen MR) is 103 cm³/mol. The Kier molecular flexibility index (Phi) is 7.10. The van der Waals surface area contributed by atoms with Crippen LogP contribution in [-0.4, -0.2) is 42.2 Å². The van der Waals surface area contributed by atoms with E-state index in [9.17, 15) is 22.4 Å². The Morgan fingerprint density at radius 2 is 1.80 bits per heavy atom. The number of benzene rings is 2. The number of hydrogen-bond acceptors (Lipinski definition) is 3. The second-order valence-corrected chi connectivity index (χ2v) is 7.13. The summed E-state index contributed by atoms with van der Waals surface area (Å²) in [6, 6.07) is 5.57. The van der Waals surface area contributed by atoms with Crippen molar-refractivity contribution < 1.29 is 32.2 Å². The van der Waals surface area contributed by atoms with Crippen molar-refractivity contribution in [3.05, 3.63) is 77.1 Å². The van der Waals surface area contributed by atoms with E-state index in [1.807, 2.05) is 4.90 Å². The number of likely N-dealkylation sites (tertiary alicyclic amines) is 1. The second-order valence-electron chi connectivity index (χ2n) is 7.13. The van der Waals surface area contributed by atoms with Crippen LogP contribution in [0, 0.1) is 29.2 Å². The Morgan fingerprint density at radius 1 is 1.07 bits per heavy atom. The first-order valence-corrected chi connectivity index (χ1v) is 9.53. The molecule has 30 heavy (non-hydrogen) atoms. The van der Waals surface area contributed by atoms with Crippen molar-refractivity contribution in [1.29, 1.82) is 0 Å². The standard InChI is InChI=1S/C22H21F4NO3/c23-15-4-6-20(25)18(10-15)19(17-5-3-16(24)11-21(17)26)13-30-9-8-27-7-1-2-14(12-27)22(28)29/h3-6,10-11,13-14H,1-2,7-9,12H2,(H,28,29)/t14-/m1/s1. The normalized spacial score (nSPS) is 17.7. The Morgan fingerprint density at radius 3 is 2.53 bits per heavy atom. The van der Waals surface area contributed by atoms with Crippen LogP contribution in [0.3, 0.4) is 0 Å². The van der Waals surface area contributed by atoms with Crippen LogP contribution in [0.25, 0.3) is 5.57 Å². The van der Waals surface area contributed by atoms with E-state index in [4.69, 9.17) is 9.84 Å². The van der Waals surface area contributed by atoms with Crippen molar-refractivity contribution in [1.82, 2.24) is 4.90 Å². The number of carbonyl (C=O) groups is 1. The summed E-state index contributed by atoms with van der Waals surface area (Å²) in [5.74, 6) is -4.50. The van der Waals surface area contributed by atoms with Crippen molar-refractivity contribution in [2.24, 2.45) is 5.92 Å². The average Bonchev–Trinajstić information content (AvgIpc) is 2.71. The molecule has 1 heterocycles. The van der Waals surface area contributed by atoms with E-state index in [-0.39, 0.29) is 23.3 Å². The number of halogens is 4. The Bertz CT molecular complexity index is 948. The molecular weight excluding hydrogens is 402 g/mol. The van der Waals surface area contributed by atoms with E-state index < -0.39 is 35.2 Å². The molecule has 0 radical (unpaired) electrons. The van der Waals surface area contributed by atoms with Crippen LogP contribution in [0.4, 0.5) is 17.6 Å². The fraction of sp³-hybridized carbons (Fsp3) is 0.318. The van der Waals surface area contributed by atoms with Crippen LogP contribution in [-0.2, 0) is 9.53 Å². The molecule has 2 aromatic rings. The Balaban J connectivity index is 1.78. The first-order valence-electron chi connectivity index (χ1n) is 9.53. The maximum Gasteiger partial charge on any atom is 0.307 e. The fourth-order valence-corrected chi connectivity index (χ4v) is 3.47. The van der Waals surface area contributed by atoms with Crippen molar-refractivity contribution in [2.75, 3.05) is 26.2 Å². The molecule has 1 aliphatic heterocycles. The SMILES string of the molecule is O=C(O)[C@@H]1CCCN(CCOC=C(c2ccc(F)cc2F)c2cc(F)ccc2F)C1. The first-order chi connectivity index (χ1) is 14.3. The third kappa shape index (κ3) is 5.38. The van der Waals surface area contributed by atoms with Gasteiger partial charge in [-0.3, -0.25) is 9.69 Å². The van der Waals surface area contributed by atoms with Crippen molar-refractivity contribution in [2.45, 2.75) is 12.8 Å². The summed E-state index contributed by atoms with van der Waals surface area (Å²) < 4.78 is 61.1. The number of nitrogens with zero attached hydrogens (tertiary/aromatic N) is 1. The van der Waals surface area contributed by atoms with Crippen LogP contribution in [0.1, 0.15) is 24.0 Å². The summed E-state index contributed by atoms with van der Waals surface area (Å²) in [6.07, 6.45) is 2.50. The molecule has 1 atom stereocenters. The van der Waals surface area contributed by atoms with E-state index in [2.05, 4.69) is 0 Å². The zero-order chi connectivity index (χ0) is 21.7. The van der Waals surface area contributed by atoms with Gasteiger partial charge in [-0.05, 0) is 49.7 Å². The van der Waals surface area contributed by atoms with Crippen LogP contribution in [0.5, 0.6) is 0 Å². The molecule has 0 unspecified atom stereocenters. The maximum atomic E-state index is 14.3. The monoisotopic (exact) mass is 423 g/mol. The second kappa shape index (κ2) is 9.75. The van der Waals surface area contributed by atoms with Gasteiger partial charge < -0.3 is 9.84 Å². The van der Waals surface area contributed by atoms with Gasteiger partial charge in [-0.15, -0.1) is 0 Å². The number of aliphatic carboxylic acids is 1. The van der Waals surface area contributed by atoms with E-state index >= 15 is 0 Å². The summed E-state index contributed by atoms with van der Waals surface area (Å²) in [6.45, 7) is 1.69. The summed E-state index contributed by atoms with van der Waals surface area (Å²) >= 11 is 0. The van der Waals surface area contributed by atoms with E-state index in [1.165, 1.54) is 0 Å². The number of rotatable bonds is 7. The summed E-state index contributed by atoms with van der Waals surface area (Å²) in [5.41, 5.74) is -0.416. The highest BCUT2D eigenvalue weighted by molar-refractivity contribution is 5.79. The van der Waals surface area contributed by atoms with Gasteiger partial charge in [0.1, 0.15) is 29.9 Å². The summed E-state index contributed by atoms with van der Waals surface area (Å²) in [4.78, 5) is 13.1. The minimum Gasteiger partial charge on any atom is -0.499 e. The van der Waals surface area contributed by atoms with Crippen LogP contribution >= 0.6 is 0 Å². The molecule has 4 nitrogen and oxygen atoms in total. The summed E-state index contributed by atoms with van der Waals surface area (Å²) in [5, 5.41) is 9.15. The van der Waals surface area contributed by atoms with Gasteiger partial charge in [0.25, 0.3) is 0 Å². The Labute approximate surface area is 171 Å². The smallest absolute Gasteiger partial charge is 0.307 e. The van der Waals surface area contributed by atoms with Gasteiger partial charge in [0.05, 0.1) is 12.2 Å². The van der Waals surface area contributed by atoms with E-state index in [0.717, 1.165) is 49.6 Å². The molecule has 1 saturated heterocycles. The summed E-state index contributed by atoms with van der Waals surface area (Å²) in [7, 11) is 0. The highest BCUT2D eigenvalue weighted by Gasteiger charge is 2.25. The molecule has 0 aromatic heterocycles. The average molecular weight is 423 g/mol. The van der Waals surface area contributed by atoms with Gasteiger partial charge in [0.15, 0.2) is 0 Å². The first kappa shape index (κ1) is 21.8. The van der Waals surface area contributed by atoms with Crippen LogP contribution in [0.15, 0.2) is 42.7 Å². The third-order valence-corrected chi connectivity index (χ3v) is 5.02. The van der Waals surface area contributed by atoms with Gasteiger partial charge in [0.2, 0.25) is 0 Å². The van der Waals surface area contributed by atoms with Gasteiger partial charge >= 0.3 is 5.97 Å². The highest BCUT2D eigenvalue weighted by atomic mass is 19.1. The van der Waals surface area contributed by atoms with Crippen LogP contribution < -0.4 is 0 Å². The number of carboxylic acid groups (broad SMARTS) is 1. The van der Waals surface area contributed by atoms with Crippen molar-refractivity contribution in [3.63, 3.8) is 0 Å². The minimum atomic E-state index is -0.936. The van der Waals surface area contributed by atoms with Gasteiger partial charge in [-0.1, -0.05) is 0 Å². The van der Waals surface area contributed by atoms with E-state index in [0.29, 0.717) is 25.6 Å². The number of ether oxygens (including phenoxy) is 1. The minimum absolute atomic E-state index is 0.0634. The lowest BCUT2D eigenvalue weighted by atomic mass is 9.98. The zero-order valence-electron chi connectivity index (χ0n) is 16.1.